The topological polar surface area (TPSA) is 49.4 Å². The van der Waals surface area contributed by atoms with Crippen LogP contribution in [0.1, 0.15) is 35.2 Å². The van der Waals surface area contributed by atoms with Crippen molar-refractivity contribution in [1.82, 2.24) is 5.32 Å². The molecule has 1 aromatic carbocycles. The maximum atomic E-state index is 12.0. The zero-order chi connectivity index (χ0) is 13.8. The summed E-state index contributed by atoms with van der Waals surface area (Å²) < 4.78 is 0. The van der Waals surface area contributed by atoms with Crippen molar-refractivity contribution in [2.24, 2.45) is 0 Å². The number of aryl methyl sites for hydroxylation is 1. The summed E-state index contributed by atoms with van der Waals surface area (Å²) in [5, 5.41) is 2.71. The number of nitrogens with one attached hydrogen (secondary N) is 1. The average molecular weight is 260 g/mol. The van der Waals surface area contributed by atoms with Crippen molar-refractivity contribution >= 4 is 17.9 Å². The van der Waals surface area contributed by atoms with Gasteiger partial charge in [-0.25, -0.2) is 0 Å². The highest BCUT2D eigenvalue weighted by molar-refractivity contribution is 5.90. The second kappa shape index (κ2) is 5.87. The number of likely N-dealkylation sites (N-methyl/N-ethyl adjacent to an activating group) is 1. The number of piperidine rings is 1. The molecule has 4 nitrogen and oxygen atoms in total. The van der Waals surface area contributed by atoms with Crippen LogP contribution < -0.4 is 10.2 Å². The van der Waals surface area contributed by atoms with Gasteiger partial charge in [0, 0.05) is 24.8 Å². The quantitative estimate of drug-likeness (QED) is 0.845. The van der Waals surface area contributed by atoms with Crippen molar-refractivity contribution in [3.63, 3.8) is 0 Å². The van der Waals surface area contributed by atoms with Crippen LogP contribution in [0.3, 0.4) is 0 Å². The lowest BCUT2D eigenvalue weighted by atomic mass is 9.98. The van der Waals surface area contributed by atoms with Gasteiger partial charge in [0.2, 0.25) is 5.91 Å². The van der Waals surface area contributed by atoms with Gasteiger partial charge in [-0.2, -0.15) is 0 Å². The van der Waals surface area contributed by atoms with Crippen molar-refractivity contribution in [2.75, 3.05) is 18.5 Å². The Kier molecular flexibility index (Phi) is 4.20. The molecule has 1 aliphatic heterocycles. The molecule has 1 aromatic rings. The van der Waals surface area contributed by atoms with E-state index in [4.69, 9.17) is 0 Å². The van der Waals surface area contributed by atoms with Gasteiger partial charge in [-0.15, -0.1) is 0 Å². The van der Waals surface area contributed by atoms with Crippen LogP contribution >= 0.6 is 0 Å². The van der Waals surface area contributed by atoms with Gasteiger partial charge in [0.25, 0.3) is 0 Å². The van der Waals surface area contributed by atoms with E-state index in [1.807, 2.05) is 25.1 Å². The van der Waals surface area contributed by atoms with Crippen molar-refractivity contribution in [2.45, 2.75) is 32.2 Å². The van der Waals surface area contributed by atoms with E-state index in [-0.39, 0.29) is 11.9 Å². The van der Waals surface area contributed by atoms with Crippen LogP contribution in [0.15, 0.2) is 18.2 Å². The molecule has 102 valence electrons. The van der Waals surface area contributed by atoms with Crippen LogP contribution in [-0.4, -0.2) is 31.8 Å². The van der Waals surface area contributed by atoms with E-state index in [1.54, 1.807) is 7.05 Å². The summed E-state index contributed by atoms with van der Waals surface area (Å²) in [5.41, 5.74) is 2.59. The zero-order valence-corrected chi connectivity index (χ0v) is 11.5. The minimum absolute atomic E-state index is 0.0251. The highest BCUT2D eigenvalue weighted by atomic mass is 16.2. The summed E-state index contributed by atoms with van der Waals surface area (Å²) in [6.45, 7) is 2.78. The molecule has 1 N–H and O–H groups in total. The summed E-state index contributed by atoms with van der Waals surface area (Å²) >= 11 is 0. The monoisotopic (exact) mass is 260 g/mol. The molecular formula is C15H20N2O2. The van der Waals surface area contributed by atoms with Crippen LogP contribution in [-0.2, 0) is 4.79 Å². The molecule has 0 spiro atoms. The Bertz CT molecular complexity index is 485. The van der Waals surface area contributed by atoms with E-state index in [2.05, 4.69) is 10.2 Å². The largest absolute Gasteiger partial charge is 0.359 e. The Labute approximate surface area is 113 Å². The van der Waals surface area contributed by atoms with Crippen LogP contribution in [0.25, 0.3) is 0 Å². The first kappa shape index (κ1) is 13.6. The maximum absolute atomic E-state index is 12.0. The smallest absolute Gasteiger partial charge is 0.242 e. The molecule has 2 rings (SSSR count). The lowest BCUT2D eigenvalue weighted by Gasteiger charge is -2.37. The molecule has 19 heavy (non-hydrogen) atoms. The minimum Gasteiger partial charge on any atom is -0.359 e. The molecule has 0 radical (unpaired) electrons. The number of nitrogens with zero attached hydrogens (tertiary/aromatic N) is 1. The number of anilines is 1. The average Bonchev–Trinajstić information content (AvgIpc) is 2.46. The van der Waals surface area contributed by atoms with Crippen molar-refractivity contribution in [3.05, 3.63) is 29.3 Å². The summed E-state index contributed by atoms with van der Waals surface area (Å²) in [6, 6.07) is 5.64. The van der Waals surface area contributed by atoms with E-state index in [9.17, 15) is 9.59 Å². The molecule has 0 saturated carbocycles. The van der Waals surface area contributed by atoms with E-state index in [0.717, 1.165) is 43.3 Å². The number of benzene rings is 1. The molecule has 1 fully saturated rings. The van der Waals surface area contributed by atoms with E-state index in [1.165, 1.54) is 0 Å². The fraction of sp³-hybridized carbons (Fsp3) is 0.467. The summed E-state index contributed by atoms with van der Waals surface area (Å²) in [5.74, 6) is 0.0251. The predicted octanol–water partition coefficient (Wildman–Crippen LogP) is 1.91. The first-order chi connectivity index (χ1) is 9.17. The first-order valence-corrected chi connectivity index (χ1v) is 6.71. The molecule has 0 bridgehead atoms. The Morgan fingerprint density at radius 3 is 2.89 bits per heavy atom. The van der Waals surface area contributed by atoms with Gasteiger partial charge in [0.1, 0.15) is 6.04 Å². The van der Waals surface area contributed by atoms with Crippen molar-refractivity contribution in [1.29, 1.82) is 0 Å². The molecule has 0 aromatic heterocycles. The zero-order valence-electron chi connectivity index (χ0n) is 11.5. The summed E-state index contributed by atoms with van der Waals surface area (Å²) in [6.07, 6.45) is 3.82. The predicted molar refractivity (Wildman–Crippen MR) is 75.6 cm³/mol. The summed E-state index contributed by atoms with van der Waals surface area (Å²) in [7, 11) is 1.66. The Morgan fingerprint density at radius 1 is 1.42 bits per heavy atom. The van der Waals surface area contributed by atoms with Crippen LogP contribution in [0.5, 0.6) is 0 Å². The Hall–Kier alpha value is -1.84. The number of carbonyl (C=O) groups excluding carboxylic acids is 2. The van der Waals surface area contributed by atoms with Gasteiger partial charge in [-0.1, -0.05) is 11.6 Å². The highest BCUT2D eigenvalue weighted by Gasteiger charge is 2.29. The van der Waals surface area contributed by atoms with Gasteiger partial charge >= 0.3 is 0 Å². The van der Waals surface area contributed by atoms with Gasteiger partial charge in [0.05, 0.1) is 0 Å². The van der Waals surface area contributed by atoms with Gasteiger partial charge in [-0.05, 0) is 38.3 Å². The highest BCUT2D eigenvalue weighted by Crippen LogP contribution is 2.28. The Morgan fingerprint density at radius 2 is 2.21 bits per heavy atom. The Balaban J connectivity index is 2.37. The number of amides is 1. The second-order valence-corrected chi connectivity index (χ2v) is 5.00. The first-order valence-electron chi connectivity index (χ1n) is 6.71. The summed E-state index contributed by atoms with van der Waals surface area (Å²) in [4.78, 5) is 25.3. The molecule has 0 aliphatic carbocycles. The normalized spacial score (nSPS) is 19.1. The van der Waals surface area contributed by atoms with Gasteiger partial charge in [-0.3, -0.25) is 9.59 Å². The lowest BCUT2D eigenvalue weighted by Crippen LogP contribution is -2.49. The van der Waals surface area contributed by atoms with E-state index >= 15 is 0 Å². The van der Waals surface area contributed by atoms with Crippen molar-refractivity contribution in [3.8, 4) is 0 Å². The fourth-order valence-electron chi connectivity index (χ4n) is 2.69. The molecule has 1 amide bonds. The molecular weight excluding hydrogens is 240 g/mol. The third-order valence-electron chi connectivity index (χ3n) is 3.67. The molecule has 1 saturated heterocycles. The van der Waals surface area contributed by atoms with Gasteiger partial charge < -0.3 is 10.2 Å². The van der Waals surface area contributed by atoms with Crippen LogP contribution in [0, 0.1) is 6.92 Å². The number of hydrogen-bond acceptors (Lipinski definition) is 3. The number of hydrogen-bond donors (Lipinski definition) is 1. The molecule has 1 unspecified atom stereocenters. The van der Waals surface area contributed by atoms with E-state index in [0.29, 0.717) is 5.56 Å². The third kappa shape index (κ3) is 2.78. The fourth-order valence-corrected chi connectivity index (χ4v) is 2.69. The lowest BCUT2D eigenvalue weighted by molar-refractivity contribution is -0.122. The SMILES string of the molecule is CNC(=O)C1CCCCN1c1ccc(C)cc1C=O. The van der Waals surface area contributed by atoms with Crippen LogP contribution in [0.2, 0.25) is 0 Å². The molecule has 1 heterocycles. The van der Waals surface area contributed by atoms with Crippen LogP contribution in [0.4, 0.5) is 5.69 Å². The number of rotatable bonds is 3. The maximum Gasteiger partial charge on any atom is 0.242 e. The second-order valence-electron chi connectivity index (χ2n) is 5.00. The van der Waals surface area contributed by atoms with Crippen molar-refractivity contribution < 1.29 is 9.59 Å². The number of carbonyl (C=O) groups is 2. The molecule has 4 heteroatoms. The van der Waals surface area contributed by atoms with Gasteiger partial charge in [0.15, 0.2) is 6.29 Å². The molecule has 1 atom stereocenters. The standard InChI is InChI=1S/C15H20N2O2/c1-11-6-7-13(12(9-11)10-18)17-8-4-3-5-14(17)15(19)16-2/h6-7,9-10,14H,3-5,8H2,1-2H3,(H,16,19). The number of aldehydes is 1. The minimum atomic E-state index is -0.167. The third-order valence-corrected chi connectivity index (χ3v) is 3.67. The molecule has 1 aliphatic rings. The van der Waals surface area contributed by atoms with E-state index < -0.39 is 0 Å².